The van der Waals surface area contributed by atoms with Gasteiger partial charge in [0, 0.05) is 26.3 Å². The van der Waals surface area contributed by atoms with Crippen LogP contribution in [0.2, 0.25) is 0 Å². The summed E-state index contributed by atoms with van der Waals surface area (Å²) in [5.41, 5.74) is 2.33. The second-order valence-electron chi connectivity index (χ2n) is 5.40. The van der Waals surface area contributed by atoms with Crippen molar-refractivity contribution in [3.8, 4) is 0 Å². The molecule has 1 aromatic rings. The number of carbonyl (C=O) groups is 1. The Morgan fingerprint density at radius 3 is 2.55 bits per heavy atom. The molecular formula is C18H27NO3. The molecule has 0 spiro atoms. The zero-order valence-electron chi connectivity index (χ0n) is 13.8. The summed E-state index contributed by atoms with van der Waals surface area (Å²) in [4.78, 5) is 11.7. The van der Waals surface area contributed by atoms with Crippen molar-refractivity contribution in [2.24, 2.45) is 0 Å². The van der Waals surface area contributed by atoms with Gasteiger partial charge >= 0.3 is 0 Å². The van der Waals surface area contributed by atoms with E-state index in [9.17, 15) is 4.79 Å². The summed E-state index contributed by atoms with van der Waals surface area (Å²) in [5.74, 6) is 0.442. The lowest BCUT2D eigenvalue weighted by Crippen LogP contribution is -2.23. The lowest BCUT2D eigenvalue weighted by atomic mass is 10.0. The number of hydrogen-bond acceptors (Lipinski definition) is 3. The maximum absolute atomic E-state index is 11.7. The van der Waals surface area contributed by atoms with Gasteiger partial charge in [0.15, 0.2) is 0 Å². The van der Waals surface area contributed by atoms with Gasteiger partial charge in [-0.1, -0.05) is 38.1 Å². The van der Waals surface area contributed by atoms with E-state index in [0.717, 1.165) is 12.0 Å². The molecule has 1 rings (SSSR count). The molecule has 122 valence electrons. The number of amides is 1. The van der Waals surface area contributed by atoms with Crippen molar-refractivity contribution in [1.29, 1.82) is 0 Å². The third-order valence-electron chi connectivity index (χ3n) is 3.23. The Morgan fingerprint density at radius 2 is 1.91 bits per heavy atom. The summed E-state index contributed by atoms with van der Waals surface area (Å²) in [7, 11) is 1.65. The van der Waals surface area contributed by atoms with E-state index in [-0.39, 0.29) is 5.91 Å². The van der Waals surface area contributed by atoms with Crippen LogP contribution in [0.3, 0.4) is 0 Å². The summed E-state index contributed by atoms with van der Waals surface area (Å²) in [6.45, 7) is 6.77. The normalized spacial score (nSPS) is 11.3. The first kappa shape index (κ1) is 18.4. The lowest BCUT2D eigenvalue weighted by Gasteiger charge is -2.05. The highest BCUT2D eigenvalue weighted by molar-refractivity contribution is 5.91. The van der Waals surface area contributed by atoms with Crippen LogP contribution in [0.4, 0.5) is 0 Å². The minimum atomic E-state index is -0.0789. The van der Waals surface area contributed by atoms with Crippen molar-refractivity contribution in [2.75, 3.05) is 33.5 Å². The molecule has 0 bridgehead atoms. The molecule has 0 heterocycles. The van der Waals surface area contributed by atoms with Crippen LogP contribution in [0.5, 0.6) is 0 Å². The molecule has 0 aliphatic carbocycles. The lowest BCUT2D eigenvalue weighted by molar-refractivity contribution is -0.116. The SMILES string of the molecule is COCCOCCCNC(=O)/C=C/c1ccc(C(C)C)cc1. The molecule has 0 fully saturated rings. The number of rotatable bonds is 10. The van der Waals surface area contributed by atoms with E-state index in [2.05, 4.69) is 31.3 Å². The van der Waals surface area contributed by atoms with Crippen LogP contribution in [0.1, 0.15) is 37.3 Å². The molecule has 0 atom stereocenters. The van der Waals surface area contributed by atoms with Gasteiger partial charge in [-0.25, -0.2) is 0 Å². The van der Waals surface area contributed by atoms with Gasteiger partial charge in [0.25, 0.3) is 0 Å². The van der Waals surface area contributed by atoms with Crippen molar-refractivity contribution in [2.45, 2.75) is 26.2 Å². The highest BCUT2D eigenvalue weighted by atomic mass is 16.5. The Balaban J connectivity index is 2.21. The van der Waals surface area contributed by atoms with E-state index in [1.807, 2.05) is 18.2 Å². The highest BCUT2D eigenvalue weighted by Crippen LogP contribution is 2.15. The number of hydrogen-bond donors (Lipinski definition) is 1. The van der Waals surface area contributed by atoms with E-state index in [1.54, 1.807) is 13.2 Å². The van der Waals surface area contributed by atoms with Crippen LogP contribution in [0, 0.1) is 0 Å². The van der Waals surface area contributed by atoms with Crippen molar-refractivity contribution in [1.82, 2.24) is 5.32 Å². The van der Waals surface area contributed by atoms with Gasteiger partial charge in [-0.05, 0) is 29.5 Å². The Labute approximate surface area is 133 Å². The van der Waals surface area contributed by atoms with Gasteiger partial charge in [-0.15, -0.1) is 0 Å². The van der Waals surface area contributed by atoms with E-state index < -0.39 is 0 Å². The third kappa shape index (κ3) is 7.96. The Kier molecular flexibility index (Phi) is 9.19. The Bertz CT molecular complexity index is 452. The summed E-state index contributed by atoms with van der Waals surface area (Å²) in [5, 5.41) is 2.84. The van der Waals surface area contributed by atoms with Crippen LogP contribution in [-0.4, -0.2) is 39.4 Å². The quantitative estimate of drug-likeness (QED) is 0.534. The standard InChI is InChI=1S/C18H27NO3/c1-15(2)17-8-5-16(6-9-17)7-10-18(20)19-11-4-12-22-14-13-21-3/h5-10,15H,4,11-14H2,1-3H3,(H,19,20)/b10-7+. The number of methoxy groups -OCH3 is 1. The van der Waals surface area contributed by atoms with Gasteiger partial charge < -0.3 is 14.8 Å². The third-order valence-corrected chi connectivity index (χ3v) is 3.23. The second-order valence-corrected chi connectivity index (χ2v) is 5.40. The van der Waals surface area contributed by atoms with E-state index in [4.69, 9.17) is 9.47 Å². The van der Waals surface area contributed by atoms with Gasteiger partial charge in [0.2, 0.25) is 5.91 Å². The number of nitrogens with one attached hydrogen (secondary N) is 1. The summed E-state index contributed by atoms with van der Waals surface area (Å²) in [6.07, 6.45) is 4.19. The first-order valence-electron chi connectivity index (χ1n) is 7.76. The smallest absolute Gasteiger partial charge is 0.244 e. The molecule has 1 amide bonds. The molecule has 22 heavy (non-hydrogen) atoms. The molecule has 0 aliphatic heterocycles. The molecule has 1 N–H and O–H groups in total. The van der Waals surface area contributed by atoms with Crippen LogP contribution in [0.25, 0.3) is 6.08 Å². The topological polar surface area (TPSA) is 47.6 Å². The van der Waals surface area contributed by atoms with Gasteiger partial charge in [0.1, 0.15) is 0 Å². The minimum absolute atomic E-state index is 0.0789. The van der Waals surface area contributed by atoms with E-state index >= 15 is 0 Å². The largest absolute Gasteiger partial charge is 0.382 e. The van der Waals surface area contributed by atoms with Crippen LogP contribution in [0.15, 0.2) is 30.3 Å². The van der Waals surface area contributed by atoms with Crippen molar-refractivity contribution in [3.63, 3.8) is 0 Å². The molecule has 0 saturated carbocycles. The van der Waals surface area contributed by atoms with Crippen molar-refractivity contribution >= 4 is 12.0 Å². The molecule has 0 saturated heterocycles. The van der Waals surface area contributed by atoms with Gasteiger partial charge in [-0.2, -0.15) is 0 Å². The molecule has 1 aromatic carbocycles. The second kappa shape index (κ2) is 11.0. The molecule has 0 aliphatic rings. The fourth-order valence-electron chi connectivity index (χ4n) is 1.85. The molecule has 4 nitrogen and oxygen atoms in total. The van der Waals surface area contributed by atoms with Gasteiger partial charge in [0.05, 0.1) is 13.2 Å². The molecule has 0 unspecified atom stereocenters. The minimum Gasteiger partial charge on any atom is -0.382 e. The van der Waals surface area contributed by atoms with Crippen molar-refractivity contribution < 1.29 is 14.3 Å². The van der Waals surface area contributed by atoms with Crippen LogP contribution < -0.4 is 5.32 Å². The van der Waals surface area contributed by atoms with Crippen molar-refractivity contribution in [3.05, 3.63) is 41.5 Å². The first-order chi connectivity index (χ1) is 10.6. The summed E-state index contributed by atoms with van der Waals surface area (Å²) >= 11 is 0. The average Bonchev–Trinajstić information content (AvgIpc) is 2.52. The van der Waals surface area contributed by atoms with Crippen LogP contribution >= 0.6 is 0 Å². The molecular weight excluding hydrogens is 278 g/mol. The Morgan fingerprint density at radius 1 is 1.18 bits per heavy atom. The predicted octanol–water partition coefficient (Wildman–Crippen LogP) is 2.99. The molecule has 0 radical (unpaired) electrons. The zero-order valence-corrected chi connectivity index (χ0v) is 13.8. The summed E-state index contributed by atoms with van der Waals surface area (Å²) in [6, 6.07) is 8.25. The van der Waals surface area contributed by atoms with Gasteiger partial charge in [-0.3, -0.25) is 4.79 Å². The van der Waals surface area contributed by atoms with Crippen LogP contribution in [-0.2, 0) is 14.3 Å². The number of benzene rings is 1. The van der Waals surface area contributed by atoms with E-state index in [0.29, 0.717) is 32.3 Å². The zero-order chi connectivity index (χ0) is 16.2. The number of carbonyl (C=O) groups excluding carboxylic acids is 1. The number of ether oxygens (including phenoxy) is 2. The fourth-order valence-corrected chi connectivity index (χ4v) is 1.85. The maximum Gasteiger partial charge on any atom is 0.244 e. The summed E-state index contributed by atoms with van der Waals surface area (Å²) < 4.78 is 10.2. The first-order valence-corrected chi connectivity index (χ1v) is 7.76. The molecule has 0 aromatic heterocycles. The fraction of sp³-hybridized carbons (Fsp3) is 0.500. The molecule has 4 heteroatoms. The average molecular weight is 305 g/mol. The highest BCUT2D eigenvalue weighted by Gasteiger charge is 1.98. The monoisotopic (exact) mass is 305 g/mol. The Hall–Kier alpha value is -1.65. The van der Waals surface area contributed by atoms with E-state index in [1.165, 1.54) is 5.56 Å². The maximum atomic E-state index is 11.7. The predicted molar refractivity (Wildman–Crippen MR) is 89.9 cm³/mol.